The van der Waals surface area contributed by atoms with Crippen molar-refractivity contribution in [3.05, 3.63) is 0 Å². The van der Waals surface area contributed by atoms with Crippen LogP contribution in [-0.4, -0.2) is 35.0 Å². The summed E-state index contributed by atoms with van der Waals surface area (Å²) in [4.78, 5) is 4.71. The lowest BCUT2D eigenvalue weighted by atomic mass is 10.1. The summed E-state index contributed by atoms with van der Waals surface area (Å²) in [6.07, 6.45) is 3.36. The zero-order valence-electron chi connectivity index (χ0n) is 10.1. The predicted octanol–water partition coefficient (Wildman–Crippen LogP) is 2.85. The SMILES string of the molecule is CSCC(C)NC1=NC(CC(C)C)CS1. The van der Waals surface area contributed by atoms with E-state index in [-0.39, 0.29) is 0 Å². The molecule has 0 radical (unpaired) electrons. The minimum Gasteiger partial charge on any atom is -0.362 e. The van der Waals surface area contributed by atoms with Crippen LogP contribution >= 0.6 is 23.5 Å². The summed E-state index contributed by atoms with van der Waals surface area (Å²) < 4.78 is 0. The lowest BCUT2D eigenvalue weighted by Gasteiger charge is -2.12. The summed E-state index contributed by atoms with van der Waals surface area (Å²) in [5, 5.41) is 4.63. The Kier molecular flexibility index (Phi) is 5.90. The van der Waals surface area contributed by atoms with Crippen LogP contribution in [0.1, 0.15) is 27.2 Å². The normalized spacial score (nSPS) is 23.0. The number of amidine groups is 1. The Morgan fingerprint density at radius 1 is 1.53 bits per heavy atom. The molecule has 0 saturated carbocycles. The van der Waals surface area contributed by atoms with Gasteiger partial charge in [-0.15, -0.1) is 0 Å². The molecule has 1 rings (SSSR count). The van der Waals surface area contributed by atoms with Crippen LogP contribution < -0.4 is 5.32 Å². The first-order valence-corrected chi connectivity index (χ1v) is 7.95. The van der Waals surface area contributed by atoms with Crippen molar-refractivity contribution in [2.24, 2.45) is 10.9 Å². The number of thioether (sulfide) groups is 2. The molecule has 0 spiro atoms. The van der Waals surface area contributed by atoms with Crippen LogP contribution in [0.3, 0.4) is 0 Å². The van der Waals surface area contributed by atoms with Gasteiger partial charge in [0.05, 0.1) is 6.04 Å². The minimum atomic E-state index is 0.532. The molecule has 4 heteroatoms. The van der Waals surface area contributed by atoms with E-state index in [0.29, 0.717) is 12.1 Å². The van der Waals surface area contributed by atoms with E-state index in [1.807, 2.05) is 23.5 Å². The van der Waals surface area contributed by atoms with Gasteiger partial charge in [0, 0.05) is 17.5 Å². The van der Waals surface area contributed by atoms with Crippen molar-refractivity contribution in [2.45, 2.75) is 39.3 Å². The van der Waals surface area contributed by atoms with Gasteiger partial charge in [0.25, 0.3) is 0 Å². The van der Waals surface area contributed by atoms with Gasteiger partial charge in [-0.25, -0.2) is 0 Å². The first kappa shape index (κ1) is 13.2. The number of aliphatic imine (C=N–C) groups is 1. The van der Waals surface area contributed by atoms with Crippen molar-refractivity contribution >= 4 is 28.7 Å². The molecule has 88 valence electrons. The zero-order valence-corrected chi connectivity index (χ0v) is 11.8. The van der Waals surface area contributed by atoms with Crippen molar-refractivity contribution in [2.75, 3.05) is 17.8 Å². The maximum Gasteiger partial charge on any atom is 0.157 e. The molecule has 15 heavy (non-hydrogen) atoms. The summed E-state index contributed by atoms with van der Waals surface area (Å²) >= 11 is 3.75. The number of hydrogen-bond acceptors (Lipinski definition) is 4. The fourth-order valence-electron chi connectivity index (χ4n) is 1.66. The molecular weight excluding hydrogens is 224 g/mol. The monoisotopic (exact) mass is 246 g/mol. The molecule has 2 unspecified atom stereocenters. The van der Waals surface area contributed by atoms with E-state index in [1.54, 1.807) is 0 Å². The van der Waals surface area contributed by atoms with Crippen molar-refractivity contribution in [1.82, 2.24) is 5.32 Å². The second kappa shape index (κ2) is 6.69. The van der Waals surface area contributed by atoms with Crippen LogP contribution in [0.2, 0.25) is 0 Å². The molecule has 2 atom stereocenters. The number of rotatable bonds is 5. The zero-order chi connectivity index (χ0) is 11.3. The standard InChI is InChI=1S/C11H22N2S2/c1-8(2)5-10-7-15-11(13-10)12-9(3)6-14-4/h8-10H,5-7H2,1-4H3,(H,12,13). The van der Waals surface area contributed by atoms with E-state index in [9.17, 15) is 0 Å². The number of nitrogens with zero attached hydrogens (tertiary/aromatic N) is 1. The Balaban J connectivity index is 2.31. The van der Waals surface area contributed by atoms with Crippen molar-refractivity contribution < 1.29 is 0 Å². The first-order chi connectivity index (χ1) is 7.11. The molecule has 0 aromatic rings. The smallest absolute Gasteiger partial charge is 0.157 e. The second-order valence-corrected chi connectivity index (χ2v) is 6.45. The summed E-state index contributed by atoms with van der Waals surface area (Å²) in [5.74, 6) is 3.06. The van der Waals surface area contributed by atoms with Gasteiger partial charge in [-0.1, -0.05) is 25.6 Å². The molecule has 0 aliphatic carbocycles. The van der Waals surface area contributed by atoms with Gasteiger partial charge in [0.2, 0.25) is 0 Å². The van der Waals surface area contributed by atoms with Gasteiger partial charge >= 0.3 is 0 Å². The highest BCUT2D eigenvalue weighted by Crippen LogP contribution is 2.22. The Morgan fingerprint density at radius 2 is 2.27 bits per heavy atom. The fourth-order valence-corrected chi connectivity index (χ4v) is 3.31. The fraction of sp³-hybridized carbons (Fsp3) is 0.909. The molecule has 1 aliphatic heterocycles. The molecule has 1 heterocycles. The Hall–Kier alpha value is 0.170. The average molecular weight is 246 g/mol. The molecular formula is C11H22N2S2. The van der Waals surface area contributed by atoms with E-state index >= 15 is 0 Å². The third-order valence-electron chi connectivity index (χ3n) is 2.24. The number of nitrogens with one attached hydrogen (secondary N) is 1. The molecule has 1 aliphatic rings. The molecule has 0 amide bonds. The average Bonchev–Trinajstić information content (AvgIpc) is 2.51. The van der Waals surface area contributed by atoms with E-state index in [0.717, 1.165) is 22.6 Å². The molecule has 0 bridgehead atoms. The second-order valence-electron chi connectivity index (χ2n) is 4.53. The first-order valence-electron chi connectivity index (χ1n) is 5.58. The third-order valence-corrected chi connectivity index (χ3v) is 4.12. The molecule has 0 aromatic carbocycles. The van der Waals surface area contributed by atoms with Gasteiger partial charge in [-0.05, 0) is 25.5 Å². The number of hydrogen-bond donors (Lipinski definition) is 1. The van der Waals surface area contributed by atoms with E-state index < -0.39 is 0 Å². The van der Waals surface area contributed by atoms with Gasteiger partial charge in [0.15, 0.2) is 5.17 Å². The van der Waals surface area contributed by atoms with Crippen LogP contribution in [0.4, 0.5) is 0 Å². The van der Waals surface area contributed by atoms with Gasteiger partial charge in [-0.3, -0.25) is 4.99 Å². The van der Waals surface area contributed by atoms with Gasteiger partial charge in [0.1, 0.15) is 0 Å². The Morgan fingerprint density at radius 3 is 2.87 bits per heavy atom. The molecule has 1 N–H and O–H groups in total. The van der Waals surface area contributed by atoms with E-state index in [2.05, 4.69) is 32.3 Å². The van der Waals surface area contributed by atoms with Gasteiger partial charge in [-0.2, -0.15) is 11.8 Å². The van der Waals surface area contributed by atoms with Crippen molar-refractivity contribution in [1.29, 1.82) is 0 Å². The molecule has 0 saturated heterocycles. The maximum atomic E-state index is 4.71. The van der Waals surface area contributed by atoms with E-state index in [4.69, 9.17) is 4.99 Å². The van der Waals surface area contributed by atoms with Crippen molar-refractivity contribution in [3.63, 3.8) is 0 Å². The highest BCUT2D eigenvalue weighted by molar-refractivity contribution is 8.14. The predicted molar refractivity (Wildman–Crippen MR) is 74.1 cm³/mol. The highest BCUT2D eigenvalue weighted by Gasteiger charge is 2.19. The van der Waals surface area contributed by atoms with Crippen LogP contribution in [0.5, 0.6) is 0 Å². The van der Waals surface area contributed by atoms with Crippen LogP contribution in [0.15, 0.2) is 4.99 Å². The molecule has 0 aromatic heterocycles. The van der Waals surface area contributed by atoms with Crippen LogP contribution in [-0.2, 0) is 0 Å². The van der Waals surface area contributed by atoms with Crippen molar-refractivity contribution in [3.8, 4) is 0 Å². The Bertz CT molecular complexity index is 217. The van der Waals surface area contributed by atoms with Crippen LogP contribution in [0.25, 0.3) is 0 Å². The topological polar surface area (TPSA) is 24.4 Å². The lowest BCUT2D eigenvalue weighted by Crippen LogP contribution is -2.31. The summed E-state index contributed by atoms with van der Waals surface area (Å²) in [5.41, 5.74) is 0. The lowest BCUT2D eigenvalue weighted by molar-refractivity contribution is 0.528. The summed E-state index contributed by atoms with van der Waals surface area (Å²) in [7, 11) is 0. The quantitative estimate of drug-likeness (QED) is 0.807. The van der Waals surface area contributed by atoms with Crippen LogP contribution in [0, 0.1) is 5.92 Å². The molecule has 2 nitrogen and oxygen atoms in total. The maximum absolute atomic E-state index is 4.71. The summed E-state index contributed by atoms with van der Waals surface area (Å²) in [6, 6.07) is 1.07. The highest BCUT2D eigenvalue weighted by atomic mass is 32.2. The van der Waals surface area contributed by atoms with Gasteiger partial charge < -0.3 is 5.32 Å². The third kappa shape index (κ3) is 5.16. The Labute approximate surface area is 102 Å². The van der Waals surface area contributed by atoms with E-state index in [1.165, 1.54) is 6.42 Å². The summed E-state index contributed by atoms with van der Waals surface area (Å²) in [6.45, 7) is 6.75. The molecule has 0 fully saturated rings. The largest absolute Gasteiger partial charge is 0.362 e. The minimum absolute atomic E-state index is 0.532.